The van der Waals surface area contributed by atoms with Gasteiger partial charge in [0.05, 0.1) is 16.2 Å². The molecule has 2 amide bonds. The number of pyridine rings is 1. The van der Waals surface area contributed by atoms with E-state index in [0.717, 1.165) is 4.88 Å². The third-order valence-electron chi connectivity index (χ3n) is 2.77. The Bertz CT molecular complexity index is 648. The molecule has 2 aromatic heterocycles. The molecule has 0 spiro atoms. The SMILES string of the molecule is CO[C@H](CNC(=O)C(=O)Nc1cccnc1)c1ccc(Cl)s1. The lowest BCUT2D eigenvalue weighted by Gasteiger charge is -2.14. The molecule has 22 heavy (non-hydrogen) atoms. The number of ether oxygens (including phenoxy) is 1. The van der Waals surface area contributed by atoms with Gasteiger partial charge in [0.25, 0.3) is 0 Å². The number of hydrogen-bond acceptors (Lipinski definition) is 5. The molecule has 0 aromatic carbocycles. The quantitative estimate of drug-likeness (QED) is 0.819. The van der Waals surface area contributed by atoms with Crippen LogP contribution in [-0.2, 0) is 14.3 Å². The van der Waals surface area contributed by atoms with Crippen LogP contribution in [0.4, 0.5) is 5.69 Å². The summed E-state index contributed by atoms with van der Waals surface area (Å²) in [6.45, 7) is 0.173. The summed E-state index contributed by atoms with van der Waals surface area (Å²) in [4.78, 5) is 28.3. The maximum atomic E-state index is 11.8. The number of rotatable bonds is 5. The predicted molar refractivity (Wildman–Crippen MR) is 85.0 cm³/mol. The van der Waals surface area contributed by atoms with Crippen molar-refractivity contribution < 1.29 is 14.3 Å². The fraction of sp³-hybridized carbons (Fsp3) is 0.214. The minimum Gasteiger partial charge on any atom is -0.374 e. The van der Waals surface area contributed by atoms with Crippen LogP contribution < -0.4 is 10.6 Å². The van der Waals surface area contributed by atoms with Gasteiger partial charge in [-0.1, -0.05) is 11.6 Å². The van der Waals surface area contributed by atoms with Crippen LogP contribution in [0.5, 0.6) is 0 Å². The number of thiophene rings is 1. The first-order valence-corrected chi connectivity index (χ1v) is 7.57. The average Bonchev–Trinajstić information content (AvgIpc) is 2.95. The second kappa shape index (κ2) is 7.88. The minimum atomic E-state index is -0.757. The lowest BCUT2D eigenvalue weighted by atomic mass is 10.3. The summed E-state index contributed by atoms with van der Waals surface area (Å²) in [6.07, 6.45) is 2.68. The first-order valence-electron chi connectivity index (χ1n) is 6.37. The van der Waals surface area contributed by atoms with Crippen LogP contribution in [0, 0.1) is 0 Å². The highest BCUT2D eigenvalue weighted by Crippen LogP contribution is 2.28. The fourth-order valence-corrected chi connectivity index (χ4v) is 2.83. The minimum absolute atomic E-state index is 0.173. The molecule has 0 radical (unpaired) electrons. The van der Waals surface area contributed by atoms with Gasteiger partial charge in [-0.05, 0) is 24.3 Å². The molecule has 0 saturated heterocycles. The van der Waals surface area contributed by atoms with Crippen LogP contribution in [-0.4, -0.2) is 30.5 Å². The van der Waals surface area contributed by atoms with Crippen molar-refractivity contribution in [2.75, 3.05) is 19.0 Å². The van der Waals surface area contributed by atoms with Gasteiger partial charge in [0.1, 0.15) is 6.10 Å². The van der Waals surface area contributed by atoms with Crippen LogP contribution in [0.15, 0.2) is 36.7 Å². The Kier molecular flexibility index (Phi) is 5.88. The highest BCUT2D eigenvalue weighted by molar-refractivity contribution is 7.16. The number of hydrogen-bond donors (Lipinski definition) is 2. The van der Waals surface area contributed by atoms with Crippen molar-refractivity contribution in [2.45, 2.75) is 6.10 Å². The van der Waals surface area contributed by atoms with Gasteiger partial charge in [-0.3, -0.25) is 14.6 Å². The molecule has 2 rings (SSSR count). The van der Waals surface area contributed by atoms with E-state index in [2.05, 4.69) is 15.6 Å². The number of carbonyl (C=O) groups is 2. The van der Waals surface area contributed by atoms with E-state index in [9.17, 15) is 9.59 Å². The summed E-state index contributed by atoms with van der Waals surface area (Å²) in [5, 5.41) is 4.98. The number of methoxy groups -OCH3 is 1. The third kappa shape index (κ3) is 4.52. The molecule has 2 aromatic rings. The summed E-state index contributed by atoms with van der Waals surface area (Å²) in [6, 6.07) is 6.88. The van der Waals surface area contributed by atoms with E-state index in [1.807, 2.05) is 6.07 Å². The Hall–Kier alpha value is -1.96. The number of anilines is 1. The Morgan fingerprint density at radius 1 is 1.36 bits per heavy atom. The largest absolute Gasteiger partial charge is 0.374 e. The maximum Gasteiger partial charge on any atom is 0.313 e. The summed E-state index contributed by atoms with van der Waals surface area (Å²) < 4.78 is 5.93. The van der Waals surface area contributed by atoms with E-state index < -0.39 is 11.8 Å². The Morgan fingerprint density at radius 2 is 2.18 bits per heavy atom. The molecule has 6 nitrogen and oxygen atoms in total. The number of amides is 2. The molecular weight excluding hydrogens is 326 g/mol. The molecule has 0 bridgehead atoms. The standard InChI is InChI=1S/C14H14ClN3O3S/c1-21-10(11-4-5-12(15)22-11)8-17-13(19)14(20)18-9-3-2-6-16-7-9/h2-7,10H,8H2,1H3,(H,17,19)(H,18,20)/t10-/m1/s1. The van der Waals surface area contributed by atoms with Crippen LogP contribution in [0.3, 0.4) is 0 Å². The highest BCUT2D eigenvalue weighted by atomic mass is 35.5. The van der Waals surface area contributed by atoms with E-state index in [-0.39, 0.29) is 12.6 Å². The van der Waals surface area contributed by atoms with E-state index in [1.165, 1.54) is 24.6 Å². The zero-order valence-corrected chi connectivity index (χ0v) is 13.3. The molecule has 0 aliphatic carbocycles. The van der Waals surface area contributed by atoms with Crippen LogP contribution in [0.25, 0.3) is 0 Å². The number of nitrogens with zero attached hydrogens (tertiary/aromatic N) is 1. The van der Waals surface area contributed by atoms with Crippen molar-refractivity contribution in [3.05, 3.63) is 45.9 Å². The van der Waals surface area contributed by atoms with Crippen LogP contribution in [0.2, 0.25) is 4.34 Å². The Balaban J connectivity index is 1.87. The molecule has 116 valence electrons. The van der Waals surface area contributed by atoms with E-state index in [1.54, 1.807) is 24.4 Å². The highest BCUT2D eigenvalue weighted by Gasteiger charge is 2.18. The summed E-state index contributed by atoms with van der Waals surface area (Å²) in [5.41, 5.74) is 0.455. The van der Waals surface area contributed by atoms with E-state index >= 15 is 0 Å². The Morgan fingerprint density at radius 3 is 2.77 bits per heavy atom. The smallest absolute Gasteiger partial charge is 0.313 e. The monoisotopic (exact) mass is 339 g/mol. The average molecular weight is 340 g/mol. The first-order chi connectivity index (χ1) is 10.6. The van der Waals surface area contributed by atoms with Gasteiger partial charge in [-0.15, -0.1) is 11.3 Å². The topological polar surface area (TPSA) is 80.3 Å². The first kappa shape index (κ1) is 16.4. The van der Waals surface area contributed by atoms with Crippen LogP contribution >= 0.6 is 22.9 Å². The summed E-state index contributed by atoms with van der Waals surface area (Å²) in [7, 11) is 1.53. The second-order valence-corrected chi connectivity index (χ2v) is 6.02. The summed E-state index contributed by atoms with van der Waals surface area (Å²) >= 11 is 7.23. The molecule has 0 saturated carbocycles. The van der Waals surface area contributed by atoms with Crippen molar-refractivity contribution in [3.63, 3.8) is 0 Å². The predicted octanol–water partition coefficient (Wildman–Crippen LogP) is 2.24. The van der Waals surface area contributed by atoms with E-state index in [0.29, 0.717) is 10.0 Å². The van der Waals surface area contributed by atoms with E-state index in [4.69, 9.17) is 16.3 Å². The molecule has 0 aliphatic heterocycles. The number of nitrogens with one attached hydrogen (secondary N) is 2. The molecular formula is C14H14ClN3O3S. The van der Waals surface area contributed by atoms with Gasteiger partial charge in [0.15, 0.2) is 0 Å². The third-order valence-corrected chi connectivity index (χ3v) is 4.09. The zero-order chi connectivity index (χ0) is 15.9. The maximum absolute atomic E-state index is 11.8. The van der Waals surface area contributed by atoms with Gasteiger partial charge in [-0.2, -0.15) is 0 Å². The van der Waals surface area contributed by atoms with Crippen molar-refractivity contribution >= 4 is 40.4 Å². The second-order valence-electron chi connectivity index (χ2n) is 4.27. The number of halogens is 1. The van der Waals surface area contributed by atoms with Crippen molar-refractivity contribution in [3.8, 4) is 0 Å². The van der Waals surface area contributed by atoms with Gasteiger partial charge >= 0.3 is 11.8 Å². The molecule has 0 fully saturated rings. The van der Waals surface area contributed by atoms with Gasteiger partial charge in [0, 0.05) is 24.7 Å². The number of aromatic nitrogens is 1. The lowest BCUT2D eigenvalue weighted by Crippen LogP contribution is -2.37. The zero-order valence-electron chi connectivity index (χ0n) is 11.7. The Labute approximate surface area is 136 Å². The van der Waals surface area contributed by atoms with Gasteiger partial charge in [-0.25, -0.2) is 0 Å². The lowest BCUT2D eigenvalue weighted by molar-refractivity contribution is -0.136. The normalized spacial score (nSPS) is 11.7. The fourth-order valence-electron chi connectivity index (χ4n) is 1.69. The van der Waals surface area contributed by atoms with Gasteiger partial charge in [0.2, 0.25) is 0 Å². The van der Waals surface area contributed by atoms with Crippen molar-refractivity contribution in [1.29, 1.82) is 0 Å². The molecule has 1 atom stereocenters. The molecule has 0 aliphatic rings. The van der Waals surface area contributed by atoms with Crippen LogP contribution in [0.1, 0.15) is 11.0 Å². The van der Waals surface area contributed by atoms with Crippen molar-refractivity contribution in [2.24, 2.45) is 0 Å². The molecule has 2 N–H and O–H groups in total. The number of carbonyl (C=O) groups excluding carboxylic acids is 2. The molecule has 2 heterocycles. The summed E-state index contributed by atoms with van der Waals surface area (Å²) in [5.74, 6) is -1.50. The van der Waals surface area contributed by atoms with Gasteiger partial charge < -0.3 is 15.4 Å². The molecule has 8 heteroatoms. The molecule has 0 unspecified atom stereocenters. The van der Waals surface area contributed by atoms with Crippen molar-refractivity contribution in [1.82, 2.24) is 10.3 Å².